The van der Waals surface area contributed by atoms with Crippen molar-refractivity contribution in [3.05, 3.63) is 53.1 Å². The molecule has 2 atom stereocenters. The van der Waals surface area contributed by atoms with Gasteiger partial charge in [0.2, 0.25) is 0 Å². The number of β-amino-alcohol motifs (C(OH)–C–C–N with tert-alkyl or cyclic N) is 1. The molecule has 6 N–H and O–H groups in total. The summed E-state index contributed by atoms with van der Waals surface area (Å²) in [5, 5.41) is 27.5. The molecule has 9 heteroatoms. The molecule has 2 fully saturated rings. The Morgan fingerprint density at radius 1 is 1.12 bits per heavy atom. The number of hydrogen-bond acceptors (Lipinski definition) is 6. The summed E-state index contributed by atoms with van der Waals surface area (Å²) in [6, 6.07) is 12.2. The van der Waals surface area contributed by atoms with Crippen LogP contribution in [-0.4, -0.2) is 65.5 Å². The largest absolute Gasteiger partial charge is 0.508 e. The zero-order chi connectivity index (χ0) is 22.7. The monoisotopic (exact) mass is 459 g/mol. The first-order chi connectivity index (χ1) is 15.4. The van der Waals surface area contributed by atoms with Gasteiger partial charge >= 0.3 is 6.03 Å². The van der Waals surface area contributed by atoms with Gasteiger partial charge in [0.15, 0.2) is 0 Å². The van der Waals surface area contributed by atoms with Crippen molar-refractivity contribution >= 4 is 29.0 Å². The van der Waals surface area contributed by atoms with Crippen LogP contribution in [0.4, 0.5) is 16.2 Å². The fraction of sp³-hybridized carbons (Fsp3) is 0.435. The number of aliphatic hydroxyl groups is 1. The summed E-state index contributed by atoms with van der Waals surface area (Å²) in [4.78, 5) is 15.7. The number of carbonyl (C=O) groups excluding carboxylic acids is 1. The lowest BCUT2D eigenvalue weighted by atomic mass is 10.0. The van der Waals surface area contributed by atoms with Gasteiger partial charge in [0.05, 0.1) is 23.5 Å². The van der Waals surface area contributed by atoms with E-state index in [1.807, 2.05) is 17.0 Å². The second-order valence-electron chi connectivity index (χ2n) is 8.61. The van der Waals surface area contributed by atoms with Crippen molar-refractivity contribution in [2.24, 2.45) is 5.73 Å². The molecule has 2 heterocycles. The Bertz CT molecular complexity index is 934. The molecule has 2 aromatic rings. The van der Waals surface area contributed by atoms with Gasteiger partial charge in [-0.1, -0.05) is 23.7 Å². The smallest absolute Gasteiger partial charge is 0.316 e. The highest BCUT2D eigenvalue weighted by Crippen LogP contribution is 2.32. The molecule has 0 bridgehead atoms. The average molecular weight is 460 g/mol. The lowest BCUT2D eigenvalue weighted by molar-refractivity contribution is 0.136. The number of hydrogen-bond donors (Lipinski definition) is 5. The molecule has 0 radical (unpaired) electrons. The standard InChI is InChI=1S/C23H30ClN5O3/c24-16-3-1-15(2-4-16)12-28-9-7-17(8-10-28)26-20-13-29(14-22(20)31)21-11-18(30)5-6-19(21)27-23(25)32/h1-6,11,17,20,22,26,30-31H,7-10,12-14H2,(H3,25,27,32)/t20?,22-/m1/s1. The van der Waals surface area contributed by atoms with Crippen LogP contribution in [0.25, 0.3) is 0 Å². The van der Waals surface area contributed by atoms with Crippen molar-refractivity contribution in [2.45, 2.75) is 37.6 Å². The second kappa shape index (κ2) is 9.95. The van der Waals surface area contributed by atoms with Crippen molar-refractivity contribution in [3.8, 4) is 5.75 Å². The number of carbonyl (C=O) groups is 1. The highest BCUT2D eigenvalue weighted by molar-refractivity contribution is 6.30. The number of halogens is 1. The molecule has 0 spiro atoms. The highest BCUT2D eigenvalue weighted by Gasteiger charge is 2.34. The van der Waals surface area contributed by atoms with Gasteiger partial charge in [-0.3, -0.25) is 4.90 Å². The Morgan fingerprint density at radius 3 is 2.53 bits per heavy atom. The summed E-state index contributed by atoms with van der Waals surface area (Å²) < 4.78 is 0. The highest BCUT2D eigenvalue weighted by atomic mass is 35.5. The van der Waals surface area contributed by atoms with Gasteiger partial charge in [0, 0.05) is 36.8 Å². The number of likely N-dealkylation sites (tertiary alicyclic amines) is 1. The van der Waals surface area contributed by atoms with E-state index < -0.39 is 12.1 Å². The van der Waals surface area contributed by atoms with E-state index in [1.165, 1.54) is 11.6 Å². The number of nitrogens with two attached hydrogens (primary N) is 1. The number of urea groups is 1. The maximum absolute atomic E-state index is 11.3. The van der Waals surface area contributed by atoms with Gasteiger partial charge in [-0.2, -0.15) is 0 Å². The van der Waals surface area contributed by atoms with Crippen LogP contribution in [0.2, 0.25) is 5.02 Å². The summed E-state index contributed by atoms with van der Waals surface area (Å²) in [6.07, 6.45) is 1.47. The van der Waals surface area contributed by atoms with Crippen LogP contribution in [-0.2, 0) is 6.54 Å². The number of aromatic hydroxyl groups is 1. The lowest BCUT2D eigenvalue weighted by Crippen LogP contribution is -2.49. The summed E-state index contributed by atoms with van der Waals surface area (Å²) >= 11 is 5.97. The van der Waals surface area contributed by atoms with E-state index in [0.717, 1.165) is 37.5 Å². The number of phenolic OH excluding ortho intramolecular Hbond substituents is 1. The molecular weight excluding hydrogens is 430 g/mol. The van der Waals surface area contributed by atoms with Gasteiger partial charge in [-0.25, -0.2) is 4.79 Å². The minimum Gasteiger partial charge on any atom is -0.508 e. The van der Waals surface area contributed by atoms with Crippen LogP contribution in [0.15, 0.2) is 42.5 Å². The number of nitrogens with zero attached hydrogens (tertiary/aromatic N) is 2. The van der Waals surface area contributed by atoms with Crippen molar-refractivity contribution in [2.75, 3.05) is 36.4 Å². The van der Waals surface area contributed by atoms with Crippen molar-refractivity contribution < 1.29 is 15.0 Å². The number of piperidine rings is 1. The van der Waals surface area contributed by atoms with Crippen LogP contribution >= 0.6 is 11.6 Å². The van der Waals surface area contributed by atoms with E-state index in [-0.39, 0.29) is 11.8 Å². The number of benzene rings is 2. The Hall–Kier alpha value is -2.52. The van der Waals surface area contributed by atoms with Crippen LogP contribution in [0, 0.1) is 0 Å². The normalized spacial score (nSPS) is 22.2. The number of rotatable bonds is 6. The summed E-state index contributed by atoms with van der Waals surface area (Å²) in [5.41, 5.74) is 7.69. The van der Waals surface area contributed by atoms with E-state index in [1.54, 1.807) is 12.1 Å². The van der Waals surface area contributed by atoms with Gasteiger partial charge in [-0.15, -0.1) is 0 Å². The number of amides is 2. The lowest BCUT2D eigenvalue weighted by Gasteiger charge is -2.34. The third-order valence-corrected chi connectivity index (χ3v) is 6.48. The molecule has 0 aromatic heterocycles. The van der Waals surface area contributed by atoms with Gasteiger partial charge in [0.25, 0.3) is 0 Å². The Kier molecular flexibility index (Phi) is 7.05. The maximum Gasteiger partial charge on any atom is 0.316 e. The molecule has 32 heavy (non-hydrogen) atoms. The summed E-state index contributed by atoms with van der Waals surface area (Å²) in [6.45, 7) is 3.88. The quantitative estimate of drug-likeness (QED) is 0.424. The molecule has 172 valence electrons. The maximum atomic E-state index is 11.3. The second-order valence-corrected chi connectivity index (χ2v) is 9.05. The topological polar surface area (TPSA) is 114 Å². The molecule has 4 rings (SSSR count). The van der Waals surface area contributed by atoms with E-state index in [2.05, 4.69) is 27.7 Å². The molecule has 2 aliphatic heterocycles. The molecule has 0 saturated carbocycles. The number of primary amides is 1. The third kappa shape index (κ3) is 5.63. The van der Waals surface area contributed by atoms with Gasteiger partial charge in [0.1, 0.15) is 5.75 Å². The Balaban J connectivity index is 1.31. The Morgan fingerprint density at radius 2 is 1.84 bits per heavy atom. The van der Waals surface area contributed by atoms with E-state index >= 15 is 0 Å². The van der Waals surface area contributed by atoms with Crippen molar-refractivity contribution in [1.82, 2.24) is 10.2 Å². The van der Waals surface area contributed by atoms with Gasteiger partial charge < -0.3 is 31.5 Å². The van der Waals surface area contributed by atoms with Gasteiger partial charge in [-0.05, 0) is 55.8 Å². The zero-order valence-electron chi connectivity index (χ0n) is 17.9. The molecular formula is C23H30ClN5O3. The SMILES string of the molecule is NC(=O)Nc1ccc(O)cc1N1CC(NC2CCN(Cc3ccc(Cl)cc3)CC2)[C@H](O)C1. The molecule has 1 unspecified atom stereocenters. The predicted molar refractivity (Wildman–Crippen MR) is 126 cm³/mol. The molecule has 2 saturated heterocycles. The van der Waals surface area contributed by atoms with Crippen LogP contribution in [0.3, 0.4) is 0 Å². The van der Waals surface area contributed by atoms with Crippen LogP contribution in [0.5, 0.6) is 5.75 Å². The number of nitrogens with one attached hydrogen (secondary N) is 2. The van der Waals surface area contributed by atoms with E-state index in [9.17, 15) is 15.0 Å². The van der Waals surface area contributed by atoms with Crippen molar-refractivity contribution in [1.29, 1.82) is 0 Å². The molecule has 2 aromatic carbocycles. The van der Waals surface area contributed by atoms with Crippen LogP contribution in [0.1, 0.15) is 18.4 Å². The molecule has 0 aliphatic carbocycles. The average Bonchev–Trinajstić information content (AvgIpc) is 3.12. The minimum absolute atomic E-state index is 0.0911. The fourth-order valence-electron chi connectivity index (χ4n) is 4.58. The Labute approximate surface area is 193 Å². The summed E-state index contributed by atoms with van der Waals surface area (Å²) in [7, 11) is 0. The molecule has 2 amide bonds. The van der Waals surface area contributed by atoms with Crippen molar-refractivity contribution in [3.63, 3.8) is 0 Å². The minimum atomic E-state index is -0.670. The van der Waals surface area contributed by atoms with E-state index in [0.29, 0.717) is 30.5 Å². The number of anilines is 2. The fourth-order valence-corrected chi connectivity index (χ4v) is 4.70. The number of aliphatic hydroxyl groups excluding tert-OH is 1. The van der Waals surface area contributed by atoms with E-state index in [4.69, 9.17) is 17.3 Å². The predicted octanol–water partition coefficient (Wildman–Crippen LogP) is 2.34. The molecule has 2 aliphatic rings. The number of phenols is 1. The third-order valence-electron chi connectivity index (χ3n) is 6.23. The molecule has 8 nitrogen and oxygen atoms in total. The first-order valence-electron chi connectivity index (χ1n) is 10.9. The first kappa shape index (κ1) is 22.7. The first-order valence-corrected chi connectivity index (χ1v) is 11.3. The zero-order valence-corrected chi connectivity index (χ0v) is 18.6. The summed E-state index contributed by atoms with van der Waals surface area (Å²) in [5.74, 6) is 0.0916. The van der Waals surface area contributed by atoms with Crippen LogP contribution < -0.4 is 21.3 Å².